The summed E-state index contributed by atoms with van der Waals surface area (Å²) in [6.45, 7) is 3.20. The van der Waals surface area contributed by atoms with Crippen LogP contribution in [0.15, 0.2) is 22.6 Å². The van der Waals surface area contributed by atoms with Crippen molar-refractivity contribution in [1.82, 2.24) is 0 Å². The standard InChI is InChI=1S/C13H15NO5S/c1-4-20(16,17)14-9-5-6-11-10(7-9)12(8(2)19-11)13(15)18-3/h5-7,14H,4H2,1-3H3. The Labute approximate surface area is 116 Å². The molecule has 6 nitrogen and oxygen atoms in total. The summed E-state index contributed by atoms with van der Waals surface area (Å²) in [4.78, 5) is 11.7. The van der Waals surface area contributed by atoms with Gasteiger partial charge in [0.2, 0.25) is 10.0 Å². The van der Waals surface area contributed by atoms with Gasteiger partial charge in [-0.1, -0.05) is 0 Å². The van der Waals surface area contributed by atoms with Crippen LogP contribution in [-0.4, -0.2) is 27.2 Å². The number of aryl methyl sites for hydroxylation is 1. The number of esters is 1. The summed E-state index contributed by atoms with van der Waals surface area (Å²) >= 11 is 0. The summed E-state index contributed by atoms with van der Waals surface area (Å²) in [5, 5.41) is 0.519. The molecule has 0 saturated carbocycles. The van der Waals surface area contributed by atoms with E-state index in [1.807, 2.05) is 0 Å². The molecule has 7 heteroatoms. The van der Waals surface area contributed by atoms with Gasteiger partial charge in [-0.2, -0.15) is 0 Å². The quantitative estimate of drug-likeness (QED) is 0.875. The second-order valence-electron chi connectivity index (χ2n) is 4.24. The van der Waals surface area contributed by atoms with Crippen LogP contribution in [0.25, 0.3) is 11.0 Å². The molecular weight excluding hydrogens is 282 g/mol. The third-order valence-electron chi connectivity index (χ3n) is 2.91. The fraction of sp³-hybridized carbons (Fsp3) is 0.308. The molecular formula is C13H15NO5S. The molecule has 1 aromatic heterocycles. The molecule has 1 heterocycles. The summed E-state index contributed by atoms with van der Waals surface area (Å²) < 4.78 is 35.7. The lowest BCUT2D eigenvalue weighted by Crippen LogP contribution is -2.14. The number of carbonyl (C=O) groups is 1. The summed E-state index contributed by atoms with van der Waals surface area (Å²) in [5.74, 6) is -0.113. The topological polar surface area (TPSA) is 85.6 Å². The third kappa shape index (κ3) is 2.62. The van der Waals surface area contributed by atoms with Crippen LogP contribution in [0, 0.1) is 6.92 Å². The Morgan fingerprint density at radius 2 is 2.10 bits per heavy atom. The van der Waals surface area contributed by atoms with Gasteiger partial charge in [0.05, 0.1) is 12.9 Å². The number of carbonyl (C=O) groups excluding carboxylic acids is 1. The number of furan rings is 1. The van der Waals surface area contributed by atoms with Gasteiger partial charge in [-0.25, -0.2) is 13.2 Å². The highest BCUT2D eigenvalue weighted by Gasteiger charge is 2.19. The molecule has 0 fully saturated rings. The molecule has 0 aliphatic rings. The fourth-order valence-electron chi connectivity index (χ4n) is 1.89. The zero-order valence-electron chi connectivity index (χ0n) is 11.4. The maximum Gasteiger partial charge on any atom is 0.342 e. The van der Waals surface area contributed by atoms with Crippen molar-refractivity contribution >= 4 is 32.6 Å². The van der Waals surface area contributed by atoms with Crippen molar-refractivity contribution in [3.63, 3.8) is 0 Å². The summed E-state index contributed by atoms with van der Waals surface area (Å²) in [6.07, 6.45) is 0. The Bertz CT molecular complexity index is 760. The molecule has 20 heavy (non-hydrogen) atoms. The van der Waals surface area contributed by atoms with Crippen LogP contribution in [0.5, 0.6) is 0 Å². The zero-order chi connectivity index (χ0) is 14.9. The second-order valence-corrected chi connectivity index (χ2v) is 6.25. The van der Waals surface area contributed by atoms with Crippen molar-refractivity contribution in [2.45, 2.75) is 13.8 Å². The van der Waals surface area contributed by atoms with Gasteiger partial charge in [0.1, 0.15) is 16.9 Å². The first-order valence-corrected chi connectivity index (χ1v) is 7.65. The van der Waals surface area contributed by atoms with E-state index in [-0.39, 0.29) is 5.75 Å². The van der Waals surface area contributed by atoms with Crippen molar-refractivity contribution in [1.29, 1.82) is 0 Å². The number of ether oxygens (including phenoxy) is 1. The van der Waals surface area contributed by atoms with E-state index in [2.05, 4.69) is 4.72 Å². The largest absolute Gasteiger partial charge is 0.465 e. The van der Waals surface area contributed by atoms with Crippen molar-refractivity contribution in [2.75, 3.05) is 17.6 Å². The predicted octanol–water partition coefficient (Wildman–Crippen LogP) is 2.29. The van der Waals surface area contributed by atoms with E-state index in [0.717, 1.165) is 0 Å². The molecule has 0 bridgehead atoms. The highest BCUT2D eigenvalue weighted by atomic mass is 32.2. The number of hydrogen-bond acceptors (Lipinski definition) is 5. The van der Waals surface area contributed by atoms with Crippen LogP contribution in [0.1, 0.15) is 23.0 Å². The third-order valence-corrected chi connectivity index (χ3v) is 4.21. The number of anilines is 1. The number of fused-ring (bicyclic) bond motifs is 1. The minimum atomic E-state index is -3.37. The molecule has 1 aromatic carbocycles. The lowest BCUT2D eigenvalue weighted by Gasteiger charge is -2.05. The summed E-state index contributed by atoms with van der Waals surface area (Å²) in [5.41, 5.74) is 1.19. The molecule has 0 saturated heterocycles. The van der Waals surface area contributed by atoms with Crippen LogP contribution in [0.2, 0.25) is 0 Å². The van der Waals surface area contributed by atoms with Gasteiger partial charge in [0, 0.05) is 11.1 Å². The number of hydrogen-bond donors (Lipinski definition) is 1. The second kappa shape index (κ2) is 5.16. The Morgan fingerprint density at radius 3 is 2.70 bits per heavy atom. The Kier molecular flexibility index (Phi) is 3.71. The Morgan fingerprint density at radius 1 is 1.40 bits per heavy atom. The zero-order valence-corrected chi connectivity index (χ0v) is 12.2. The fourth-order valence-corrected chi connectivity index (χ4v) is 2.52. The molecule has 1 N–H and O–H groups in total. The molecule has 2 aromatic rings. The van der Waals surface area contributed by atoms with E-state index in [1.165, 1.54) is 7.11 Å². The van der Waals surface area contributed by atoms with Gasteiger partial charge >= 0.3 is 5.97 Å². The van der Waals surface area contributed by atoms with Crippen LogP contribution in [-0.2, 0) is 14.8 Å². The number of rotatable bonds is 4. The van der Waals surface area contributed by atoms with E-state index in [9.17, 15) is 13.2 Å². The van der Waals surface area contributed by atoms with Crippen molar-refractivity contribution in [3.8, 4) is 0 Å². The molecule has 0 amide bonds. The molecule has 0 unspecified atom stereocenters. The maximum atomic E-state index is 11.7. The van der Waals surface area contributed by atoms with Crippen LogP contribution < -0.4 is 4.72 Å². The average molecular weight is 297 g/mol. The van der Waals surface area contributed by atoms with Gasteiger partial charge in [-0.3, -0.25) is 4.72 Å². The van der Waals surface area contributed by atoms with E-state index in [4.69, 9.17) is 9.15 Å². The van der Waals surface area contributed by atoms with Gasteiger partial charge in [0.15, 0.2) is 0 Å². The van der Waals surface area contributed by atoms with Gasteiger partial charge in [-0.05, 0) is 32.0 Å². The smallest absolute Gasteiger partial charge is 0.342 e. The molecule has 0 aliphatic carbocycles. The molecule has 0 spiro atoms. The summed E-state index contributed by atoms with van der Waals surface area (Å²) in [7, 11) is -2.09. The first-order valence-electron chi connectivity index (χ1n) is 6.00. The summed E-state index contributed by atoms with van der Waals surface area (Å²) in [6, 6.07) is 4.76. The van der Waals surface area contributed by atoms with E-state index in [1.54, 1.807) is 32.0 Å². The number of nitrogens with one attached hydrogen (secondary N) is 1. The maximum absolute atomic E-state index is 11.7. The van der Waals surface area contributed by atoms with E-state index < -0.39 is 16.0 Å². The molecule has 108 valence electrons. The van der Waals surface area contributed by atoms with Crippen molar-refractivity contribution in [2.24, 2.45) is 0 Å². The molecule has 0 radical (unpaired) electrons. The Hall–Kier alpha value is -2.02. The minimum Gasteiger partial charge on any atom is -0.465 e. The first-order chi connectivity index (χ1) is 9.38. The first kappa shape index (κ1) is 14.4. The highest BCUT2D eigenvalue weighted by Crippen LogP contribution is 2.29. The molecule has 2 rings (SSSR count). The monoisotopic (exact) mass is 297 g/mol. The molecule has 0 aliphatic heterocycles. The number of methoxy groups -OCH3 is 1. The van der Waals surface area contributed by atoms with Crippen molar-refractivity contribution < 1.29 is 22.4 Å². The van der Waals surface area contributed by atoms with Gasteiger partial charge in [-0.15, -0.1) is 0 Å². The highest BCUT2D eigenvalue weighted by molar-refractivity contribution is 7.92. The number of benzene rings is 1. The number of sulfonamides is 1. The predicted molar refractivity (Wildman–Crippen MR) is 75.4 cm³/mol. The van der Waals surface area contributed by atoms with Crippen LogP contribution in [0.4, 0.5) is 5.69 Å². The average Bonchev–Trinajstić information content (AvgIpc) is 2.73. The van der Waals surface area contributed by atoms with Crippen LogP contribution >= 0.6 is 0 Å². The lowest BCUT2D eigenvalue weighted by molar-refractivity contribution is 0.0600. The lowest BCUT2D eigenvalue weighted by atomic mass is 10.1. The minimum absolute atomic E-state index is 0.0285. The van der Waals surface area contributed by atoms with Gasteiger partial charge in [0.25, 0.3) is 0 Å². The van der Waals surface area contributed by atoms with E-state index in [0.29, 0.717) is 28.0 Å². The normalized spacial score (nSPS) is 11.6. The van der Waals surface area contributed by atoms with Crippen LogP contribution in [0.3, 0.4) is 0 Å². The SMILES string of the molecule is CCS(=O)(=O)Nc1ccc2oc(C)c(C(=O)OC)c2c1. The molecule has 0 atom stereocenters. The van der Waals surface area contributed by atoms with E-state index >= 15 is 0 Å². The Balaban J connectivity index is 2.55. The van der Waals surface area contributed by atoms with Crippen molar-refractivity contribution in [3.05, 3.63) is 29.5 Å². The van der Waals surface area contributed by atoms with Gasteiger partial charge < -0.3 is 9.15 Å².